The molecule has 0 aliphatic carbocycles. The number of hydrogen-bond acceptors (Lipinski definition) is 5. The molecule has 116 valence electrons. The summed E-state index contributed by atoms with van der Waals surface area (Å²) in [4.78, 5) is 1.21. The normalized spacial score (nSPS) is 11.8. The van der Waals surface area contributed by atoms with Crippen molar-refractivity contribution >= 4 is 43.0 Å². The third kappa shape index (κ3) is 3.65. The van der Waals surface area contributed by atoms with Gasteiger partial charge in [-0.2, -0.15) is 5.10 Å². The van der Waals surface area contributed by atoms with Gasteiger partial charge in [-0.3, -0.25) is 9.82 Å². The van der Waals surface area contributed by atoms with Gasteiger partial charge >= 0.3 is 0 Å². The second kappa shape index (κ2) is 6.47. The highest BCUT2D eigenvalue weighted by Crippen LogP contribution is 2.33. The number of rotatable bonds is 6. The average Bonchev–Trinajstić information content (AvgIpc) is 2.94. The van der Waals surface area contributed by atoms with Crippen molar-refractivity contribution < 1.29 is 8.42 Å². The van der Waals surface area contributed by atoms with Crippen LogP contribution in [0.15, 0.2) is 14.7 Å². The van der Waals surface area contributed by atoms with Crippen LogP contribution in [-0.2, 0) is 16.6 Å². The second-order valence-corrected chi connectivity index (χ2v) is 8.65. The molecule has 6 nitrogen and oxygen atoms in total. The third-order valence-electron chi connectivity index (χ3n) is 2.91. The number of nitrogens with zero attached hydrogens (tertiary/aromatic N) is 1. The lowest BCUT2D eigenvalue weighted by molar-refractivity contribution is 0.601. The first-order valence-electron chi connectivity index (χ1n) is 6.38. The summed E-state index contributed by atoms with van der Waals surface area (Å²) < 4.78 is 28.2. The number of sulfonamides is 1. The molecule has 0 spiro atoms. The molecule has 0 saturated heterocycles. The van der Waals surface area contributed by atoms with Crippen molar-refractivity contribution in [1.29, 1.82) is 0 Å². The molecule has 0 atom stereocenters. The summed E-state index contributed by atoms with van der Waals surface area (Å²) in [7, 11) is -3.64. The Balaban J connectivity index is 2.29. The smallest absolute Gasteiger partial charge is 0.264 e. The van der Waals surface area contributed by atoms with Gasteiger partial charge < -0.3 is 5.32 Å². The SMILES string of the molecule is CCNCc1cc(S(=O)(=O)Nc2c(C)n[nH]c2C)c(Br)s1. The quantitative estimate of drug-likeness (QED) is 0.705. The molecular weight excluding hydrogens is 376 g/mol. The van der Waals surface area contributed by atoms with E-state index in [4.69, 9.17) is 0 Å². The maximum Gasteiger partial charge on any atom is 0.264 e. The molecule has 0 unspecified atom stereocenters. The lowest BCUT2D eigenvalue weighted by Gasteiger charge is -2.07. The topological polar surface area (TPSA) is 86.9 Å². The number of thiophene rings is 1. The van der Waals surface area contributed by atoms with Crippen LogP contribution in [0.25, 0.3) is 0 Å². The Kier molecular flexibility index (Phi) is 5.07. The van der Waals surface area contributed by atoms with Gasteiger partial charge in [-0.1, -0.05) is 6.92 Å². The van der Waals surface area contributed by atoms with Crippen molar-refractivity contribution in [2.24, 2.45) is 0 Å². The van der Waals surface area contributed by atoms with E-state index in [1.54, 1.807) is 19.9 Å². The van der Waals surface area contributed by atoms with E-state index >= 15 is 0 Å². The lowest BCUT2D eigenvalue weighted by atomic mass is 10.3. The molecule has 0 bridgehead atoms. The molecule has 9 heteroatoms. The van der Waals surface area contributed by atoms with Gasteiger partial charge in [-0.15, -0.1) is 11.3 Å². The highest BCUT2D eigenvalue weighted by Gasteiger charge is 2.23. The van der Waals surface area contributed by atoms with E-state index in [-0.39, 0.29) is 4.90 Å². The molecule has 21 heavy (non-hydrogen) atoms. The molecule has 0 amide bonds. The van der Waals surface area contributed by atoms with Crippen molar-refractivity contribution in [3.63, 3.8) is 0 Å². The number of aromatic amines is 1. The first-order valence-corrected chi connectivity index (χ1v) is 9.47. The van der Waals surface area contributed by atoms with Crippen molar-refractivity contribution in [3.8, 4) is 0 Å². The molecule has 0 fully saturated rings. The molecule has 2 aromatic rings. The summed E-state index contributed by atoms with van der Waals surface area (Å²) in [5.41, 5.74) is 1.81. The summed E-state index contributed by atoms with van der Waals surface area (Å²) in [6, 6.07) is 1.69. The molecular formula is C12H17BrN4O2S2. The average molecular weight is 393 g/mol. The summed E-state index contributed by atoms with van der Waals surface area (Å²) in [5.74, 6) is 0. The maximum absolute atomic E-state index is 12.5. The third-order valence-corrected chi connectivity index (χ3v) is 6.51. The van der Waals surface area contributed by atoms with Gasteiger partial charge in [0.25, 0.3) is 10.0 Å². The molecule has 0 aliphatic heterocycles. The van der Waals surface area contributed by atoms with Gasteiger partial charge in [-0.25, -0.2) is 8.42 Å². The standard InChI is InChI=1S/C12H17BrN4O2S2/c1-4-14-6-9-5-10(12(13)20-9)21(18,19)17-11-7(2)15-16-8(11)3/h5,14,17H,4,6H2,1-3H3,(H,15,16). The fourth-order valence-electron chi connectivity index (χ4n) is 1.81. The van der Waals surface area contributed by atoms with E-state index in [0.717, 1.165) is 11.4 Å². The Hall–Kier alpha value is -0.900. The zero-order valence-electron chi connectivity index (χ0n) is 11.9. The summed E-state index contributed by atoms with van der Waals surface area (Å²) in [6.07, 6.45) is 0. The Morgan fingerprint density at radius 2 is 2.14 bits per heavy atom. The number of H-pyrrole nitrogens is 1. The lowest BCUT2D eigenvalue weighted by Crippen LogP contribution is -2.14. The van der Waals surface area contributed by atoms with Crippen molar-refractivity contribution in [2.45, 2.75) is 32.2 Å². The molecule has 2 aromatic heterocycles. The fraction of sp³-hybridized carbons (Fsp3) is 0.417. The zero-order valence-corrected chi connectivity index (χ0v) is 15.2. The minimum absolute atomic E-state index is 0.250. The largest absolute Gasteiger partial charge is 0.312 e. The molecule has 0 aromatic carbocycles. The van der Waals surface area contributed by atoms with Crippen LogP contribution in [0.5, 0.6) is 0 Å². The van der Waals surface area contributed by atoms with Crippen molar-refractivity contribution in [2.75, 3.05) is 11.3 Å². The number of aromatic nitrogens is 2. The van der Waals surface area contributed by atoms with Gasteiger partial charge in [0.1, 0.15) is 4.90 Å². The van der Waals surface area contributed by atoms with Crippen LogP contribution in [0.2, 0.25) is 0 Å². The Bertz CT molecular complexity index is 717. The van der Waals surface area contributed by atoms with Gasteiger partial charge in [0.15, 0.2) is 0 Å². The maximum atomic E-state index is 12.5. The predicted molar refractivity (Wildman–Crippen MR) is 88.3 cm³/mol. The molecule has 3 N–H and O–H groups in total. The first kappa shape index (κ1) is 16.5. The first-order chi connectivity index (χ1) is 9.85. The van der Waals surface area contributed by atoms with Crippen molar-refractivity contribution in [1.82, 2.24) is 15.5 Å². The molecule has 0 aliphatic rings. The minimum atomic E-state index is -3.64. The Morgan fingerprint density at radius 3 is 2.71 bits per heavy atom. The minimum Gasteiger partial charge on any atom is -0.312 e. The number of hydrogen-bond donors (Lipinski definition) is 3. The monoisotopic (exact) mass is 392 g/mol. The Morgan fingerprint density at radius 1 is 1.43 bits per heavy atom. The number of aryl methyl sites for hydroxylation is 2. The van der Waals surface area contributed by atoms with Crippen LogP contribution in [-0.4, -0.2) is 25.2 Å². The van der Waals surface area contributed by atoms with Gasteiger partial charge in [0.05, 0.1) is 20.9 Å². The second-order valence-electron chi connectivity index (χ2n) is 4.55. The number of halogens is 1. The summed E-state index contributed by atoms with van der Waals surface area (Å²) >= 11 is 4.75. The van der Waals surface area contributed by atoms with Gasteiger partial charge in [0, 0.05) is 11.4 Å². The van der Waals surface area contributed by atoms with Crippen LogP contribution < -0.4 is 10.0 Å². The predicted octanol–water partition coefficient (Wildman–Crippen LogP) is 2.76. The van der Waals surface area contributed by atoms with Crippen molar-refractivity contribution in [3.05, 3.63) is 26.1 Å². The summed E-state index contributed by atoms with van der Waals surface area (Å²) in [5, 5.41) is 9.93. The van der Waals surface area contributed by atoms with Crippen LogP contribution in [0.1, 0.15) is 23.2 Å². The van der Waals surface area contributed by atoms with Crippen LogP contribution in [0.4, 0.5) is 5.69 Å². The van der Waals surface area contributed by atoms with E-state index in [1.807, 2.05) is 6.92 Å². The van der Waals surface area contributed by atoms with E-state index in [9.17, 15) is 8.42 Å². The van der Waals surface area contributed by atoms with Gasteiger partial charge in [-0.05, 0) is 42.4 Å². The van der Waals surface area contributed by atoms with Crippen LogP contribution >= 0.6 is 27.3 Å². The molecule has 2 heterocycles. The zero-order chi connectivity index (χ0) is 15.6. The summed E-state index contributed by atoms with van der Waals surface area (Å²) in [6.45, 7) is 7.02. The number of anilines is 1. The van der Waals surface area contributed by atoms with Gasteiger partial charge in [0.2, 0.25) is 0 Å². The number of nitrogens with one attached hydrogen (secondary N) is 3. The molecule has 0 radical (unpaired) electrons. The van der Waals surface area contributed by atoms with E-state index in [0.29, 0.717) is 27.4 Å². The van der Waals surface area contributed by atoms with Crippen LogP contribution in [0.3, 0.4) is 0 Å². The highest BCUT2D eigenvalue weighted by molar-refractivity contribution is 9.11. The fourth-order valence-corrected chi connectivity index (χ4v) is 5.64. The van der Waals surface area contributed by atoms with Crippen LogP contribution in [0, 0.1) is 13.8 Å². The molecule has 0 saturated carbocycles. The van der Waals surface area contributed by atoms with E-state index < -0.39 is 10.0 Å². The Labute approximate surface area is 136 Å². The highest BCUT2D eigenvalue weighted by atomic mass is 79.9. The molecule has 2 rings (SSSR count). The van der Waals surface area contributed by atoms with E-state index in [1.165, 1.54) is 11.3 Å². The van der Waals surface area contributed by atoms with E-state index in [2.05, 4.69) is 36.2 Å².